The minimum absolute atomic E-state index is 0.0783. The van der Waals surface area contributed by atoms with E-state index in [4.69, 9.17) is 17.0 Å². The number of rotatable bonds is 6. The number of nitrogens with zero attached hydrogens (tertiary/aromatic N) is 1. The summed E-state index contributed by atoms with van der Waals surface area (Å²) in [6, 6.07) is 14.3. The zero-order valence-electron chi connectivity index (χ0n) is 18.9. The summed E-state index contributed by atoms with van der Waals surface area (Å²) in [5, 5.41) is 7.14. The van der Waals surface area contributed by atoms with Crippen molar-refractivity contribution in [2.75, 3.05) is 29.9 Å². The Kier molecular flexibility index (Phi) is 7.91. The summed E-state index contributed by atoms with van der Waals surface area (Å²) >= 11 is 5.52. The van der Waals surface area contributed by atoms with Gasteiger partial charge in [-0.25, -0.2) is 4.79 Å². The maximum absolute atomic E-state index is 11.9. The van der Waals surface area contributed by atoms with E-state index in [0.29, 0.717) is 17.3 Å². The molecule has 1 aliphatic rings. The van der Waals surface area contributed by atoms with E-state index in [2.05, 4.69) is 53.6 Å². The number of ether oxygens (including phenoxy) is 1. The number of hydrogen-bond acceptors (Lipinski definition) is 4. The van der Waals surface area contributed by atoms with Crippen molar-refractivity contribution in [3.05, 3.63) is 59.2 Å². The molecular formula is C25H33N3O2S. The molecule has 2 N–H and O–H groups in total. The lowest BCUT2D eigenvalue weighted by Crippen LogP contribution is -2.33. The van der Waals surface area contributed by atoms with E-state index in [9.17, 15) is 4.79 Å². The number of thiocarbonyl (C=S) groups is 1. The average Bonchev–Trinajstić information content (AvgIpc) is 2.76. The Morgan fingerprint density at radius 2 is 1.87 bits per heavy atom. The van der Waals surface area contributed by atoms with Gasteiger partial charge < -0.3 is 20.3 Å². The Morgan fingerprint density at radius 1 is 1.19 bits per heavy atom. The van der Waals surface area contributed by atoms with Crippen LogP contribution in [0.5, 0.6) is 0 Å². The molecule has 0 aliphatic carbocycles. The predicted octanol–water partition coefficient (Wildman–Crippen LogP) is 5.46. The third-order valence-corrected chi connectivity index (χ3v) is 6.10. The van der Waals surface area contributed by atoms with Crippen LogP contribution in [0.2, 0.25) is 0 Å². The molecule has 1 atom stereocenters. The van der Waals surface area contributed by atoms with Crippen molar-refractivity contribution in [3.8, 4) is 0 Å². The standard InChI is InChI=1S/C25H33N3O2S/c1-5-30-24(29)21-8-11-23(18(3)16-21)27-25(31)26-19(4)20-6-9-22(10-7-20)28-14-12-17(2)13-15-28/h6-11,16-17,19H,5,12-15H2,1-4H3,(H2,26,27,31). The lowest BCUT2D eigenvalue weighted by molar-refractivity contribution is 0.0526. The molecule has 5 nitrogen and oxygen atoms in total. The largest absolute Gasteiger partial charge is 0.462 e. The van der Waals surface area contributed by atoms with E-state index < -0.39 is 0 Å². The molecule has 0 aromatic heterocycles. The van der Waals surface area contributed by atoms with Gasteiger partial charge >= 0.3 is 5.97 Å². The van der Waals surface area contributed by atoms with Crippen molar-refractivity contribution in [1.82, 2.24) is 5.32 Å². The van der Waals surface area contributed by atoms with Crippen molar-refractivity contribution >= 4 is 34.7 Å². The van der Waals surface area contributed by atoms with E-state index in [1.54, 1.807) is 13.0 Å². The van der Waals surface area contributed by atoms with Gasteiger partial charge in [0.2, 0.25) is 0 Å². The van der Waals surface area contributed by atoms with Gasteiger partial charge in [-0.15, -0.1) is 0 Å². The molecule has 0 saturated carbocycles. The van der Waals surface area contributed by atoms with Gasteiger partial charge in [-0.05, 0) is 93.2 Å². The molecule has 0 amide bonds. The monoisotopic (exact) mass is 439 g/mol. The molecule has 0 bridgehead atoms. The fraction of sp³-hybridized carbons (Fsp3) is 0.440. The summed E-state index contributed by atoms with van der Waals surface area (Å²) in [6.45, 7) is 10.8. The van der Waals surface area contributed by atoms with Crippen LogP contribution in [0.25, 0.3) is 0 Å². The molecule has 1 heterocycles. The van der Waals surface area contributed by atoms with Gasteiger partial charge in [0.15, 0.2) is 5.11 Å². The van der Waals surface area contributed by atoms with Crippen molar-refractivity contribution in [3.63, 3.8) is 0 Å². The van der Waals surface area contributed by atoms with Gasteiger partial charge in [0.25, 0.3) is 0 Å². The summed E-state index contributed by atoms with van der Waals surface area (Å²) < 4.78 is 5.06. The lowest BCUT2D eigenvalue weighted by Gasteiger charge is -2.32. The van der Waals surface area contributed by atoms with Crippen LogP contribution in [0, 0.1) is 12.8 Å². The third-order valence-electron chi connectivity index (χ3n) is 5.88. The van der Waals surface area contributed by atoms with Crippen molar-refractivity contribution in [1.29, 1.82) is 0 Å². The van der Waals surface area contributed by atoms with Crippen LogP contribution >= 0.6 is 12.2 Å². The number of carbonyl (C=O) groups is 1. The maximum atomic E-state index is 11.9. The van der Waals surface area contributed by atoms with Crippen molar-refractivity contribution < 1.29 is 9.53 Å². The first kappa shape index (κ1) is 23.1. The van der Waals surface area contributed by atoms with Crippen LogP contribution in [-0.2, 0) is 4.74 Å². The summed E-state index contributed by atoms with van der Waals surface area (Å²) in [7, 11) is 0. The van der Waals surface area contributed by atoms with Crippen LogP contribution in [0.4, 0.5) is 11.4 Å². The van der Waals surface area contributed by atoms with E-state index in [1.807, 2.05) is 19.1 Å². The molecule has 0 spiro atoms. The summed E-state index contributed by atoms with van der Waals surface area (Å²) in [6.07, 6.45) is 2.53. The highest BCUT2D eigenvalue weighted by Gasteiger charge is 2.16. The summed E-state index contributed by atoms with van der Waals surface area (Å²) in [5.41, 5.74) is 4.82. The van der Waals surface area contributed by atoms with Gasteiger partial charge in [0, 0.05) is 24.5 Å². The Morgan fingerprint density at radius 3 is 2.48 bits per heavy atom. The zero-order valence-corrected chi connectivity index (χ0v) is 19.7. The molecule has 1 saturated heterocycles. The molecule has 0 radical (unpaired) electrons. The Bertz CT molecular complexity index is 905. The molecule has 1 unspecified atom stereocenters. The first-order chi connectivity index (χ1) is 14.9. The predicted molar refractivity (Wildman–Crippen MR) is 132 cm³/mol. The van der Waals surface area contributed by atoms with Gasteiger partial charge in [-0.3, -0.25) is 0 Å². The topological polar surface area (TPSA) is 53.6 Å². The highest BCUT2D eigenvalue weighted by Crippen LogP contribution is 2.25. The minimum Gasteiger partial charge on any atom is -0.462 e. The number of hydrogen-bond donors (Lipinski definition) is 2. The third kappa shape index (κ3) is 6.20. The highest BCUT2D eigenvalue weighted by atomic mass is 32.1. The second-order valence-electron chi connectivity index (χ2n) is 8.33. The quantitative estimate of drug-likeness (QED) is 0.461. The maximum Gasteiger partial charge on any atom is 0.338 e. The Balaban J connectivity index is 1.56. The molecular weight excluding hydrogens is 406 g/mol. The van der Waals surface area contributed by atoms with Gasteiger partial charge in [0.05, 0.1) is 18.2 Å². The second-order valence-corrected chi connectivity index (χ2v) is 8.74. The molecule has 31 heavy (non-hydrogen) atoms. The van der Waals surface area contributed by atoms with E-state index in [-0.39, 0.29) is 12.0 Å². The highest BCUT2D eigenvalue weighted by molar-refractivity contribution is 7.80. The normalized spacial score (nSPS) is 15.3. The van der Waals surface area contributed by atoms with E-state index in [0.717, 1.165) is 30.3 Å². The van der Waals surface area contributed by atoms with Gasteiger partial charge in [0.1, 0.15) is 0 Å². The smallest absolute Gasteiger partial charge is 0.338 e. The molecule has 3 rings (SSSR count). The number of esters is 1. The van der Waals surface area contributed by atoms with Crippen LogP contribution in [0.1, 0.15) is 61.1 Å². The molecule has 1 aliphatic heterocycles. The fourth-order valence-electron chi connectivity index (χ4n) is 3.82. The molecule has 2 aromatic rings. The number of piperidine rings is 1. The first-order valence-corrected chi connectivity index (χ1v) is 11.5. The molecule has 6 heteroatoms. The van der Waals surface area contributed by atoms with Crippen LogP contribution < -0.4 is 15.5 Å². The van der Waals surface area contributed by atoms with Crippen molar-refractivity contribution in [2.24, 2.45) is 5.92 Å². The van der Waals surface area contributed by atoms with Gasteiger partial charge in [-0.1, -0.05) is 19.1 Å². The fourth-order valence-corrected chi connectivity index (χ4v) is 4.11. The molecule has 2 aromatic carbocycles. The Labute approximate surface area is 191 Å². The number of anilines is 2. The van der Waals surface area contributed by atoms with Gasteiger partial charge in [-0.2, -0.15) is 0 Å². The van der Waals surface area contributed by atoms with E-state index >= 15 is 0 Å². The average molecular weight is 440 g/mol. The number of benzene rings is 2. The first-order valence-electron chi connectivity index (χ1n) is 11.1. The molecule has 166 valence electrons. The number of nitrogens with one attached hydrogen (secondary N) is 2. The summed E-state index contributed by atoms with van der Waals surface area (Å²) in [5.74, 6) is 0.521. The van der Waals surface area contributed by atoms with E-state index in [1.165, 1.54) is 24.1 Å². The van der Waals surface area contributed by atoms with Crippen molar-refractivity contribution in [2.45, 2.75) is 46.6 Å². The molecule has 1 fully saturated rings. The van der Waals surface area contributed by atoms with Crippen LogP contribution in [0.15, 0.2) is 42.5 Å². The number of aryl methyl sites for hydroxylation is 1. The summed E-state index contributed by atoms with van der Waals surface area (Å²) in [4.78, 5) is 14.4. The zero-order chi connectivity index (χ0) is 22.4. The minimum atomic E-state index is -0.311. The SMILES string of the molecule is CCOC(=O)c1ccc(NC(=S)NC(C)c2ccc(N3CCC(C)CC3)cc2)c(C)c1. The second kappa shape index (κ2) is 10.6. The Hall–Kier alpha value is -2.60. The van der Waals surface area contributed by atoms with Crippen LogP contribution in [0.3, 0.4) is 0 Å². The lowest BCUT2D eigenvalue weighted by atomic mass is 9.98. The van der Waals surface area contributed by atoms with Crippen LogP contribution in [-0.4, -0.2) is 30.8 Å². The number of carbonyl (C=O) groups excluding carboxylic acids is 1.